The summed E-state index contributed by atoms with van der Waals surface area (Å²) in [4.78, 5) is 1.97. The van der Waals surface area contributed by atoms with Crippen LogP contribution in [0, 0.1) is 0 Å². The molecule has 0 radical (unpaired) electrons. The third-order valence-electron chi connectivity index (χ3n) is 4.07. The van der Waals surface area contributed by atoms with E-state index in [1.165, 1.54) is 6.42 Å². The predicted octanol–water partition coefficient (Wildman–Crippen LogP) is 4.35. The number of aliphatic hydroxyl groups is 1. The Morgan fingerprint density at radius 1 is 1.24 bits per heavy atom. The fraction of sp³-hybridized carbons (Fsp3) is 0.625. The van der Waals surface area contributed by atoms with Crippen molar-refractivity contribution in [2.24, 2.45) is 0 Å². The van der Waals surface area contributed by atoms with Crippen molar-refractivity contribution in [2.45, 2.75) is 50.4 Å². The lowest BCUT2D eigenvalue weighted by Crippen LogP contribution is -2.43. The van der Waals surface area contributed by atoms with E-state index < -0.39 is 5.60 Å². The summed E-state index contributed by atoms with van der Waals surface area (Å²) in [6.07, 6.45) is 5.42. The van der Waals surface area contributed by atoms with Crippen LogP contribution in [0.15, 0.2) is 18.2 Å². The fourth-order valence-corrected chi connectivity index (χ4v) is 3.24. The lowest BCUT2D eigenvalue weighted by atomic mass is 9.82. The third kappa shape index (κ3) is 4.75. The van der Waals surface area contributed by atoms with Crippen LogP contribution in [0.4, 0.5) is 0 Å². The zero-order valence-electron chi connectivity index (χ0n) is 12.6. The number of nitrogens with zero attached hydrogens (tertiary/aromatic N) is 1. The molecule has 0 spiro atoms. The monoisotopic (exact) mass is 331 g/mol. The minimum absolute atomic E-state index is 0.216. The van der Waals surface area contributed by atoms with Gasteiger partial charge in [-0.2, -0.15) is 0 Å². The number of benzene rings is 1. The molecule has 1 aromatic carbocycles. The minimum atomic E-state index is -0.633. The highest BCUT2D eigenvalue weighted by Crippen LogP contribution is 2.34. The van der Waals surface area contributed by atoms with Gasteiger partial charge in [-0.1, -0.05) is 42.5 Å². The molecule has 1 aromatic rings. The Kier molecular flexibility index (Phi) is 5.78. The second-order valence-corrected chi connectivity index (χ2v) is 6.94. The van der Waals surface area contributed by atoms with Crippen LogP contribution >= 0.6 is 23.2 Å². The maximum absolute atomic E-state index is 10.7. The first-order valence-electron chi connectivity index (χ1n) is 7.40. The summed E-state index contributed by atoms with van der Waals surface area (Å²) in [6, 6.07) is 5.19. The van der Waals surface area contributed by atoms with Gasteiger partial charge in [0, 0.05) is 11.4 Å². The standard InChI is InChI=1S/C16H23Cl2NO2/c1-19(2)15(11-16(20)8-4-3-5-9-16)21-14-7-6-12(17)10-13(14)18/h6-7,10,15,20H,3-5,8-9,11H2,1-2H3. The average Bonchev–Trinajstić information content (AvgIpc) is 2.41. The van der Waals surface area contributed by atoms with Gasteiger partial charge in [0.05, 0.1) is 10.6 Å². The molecule has 2 rings (SSSR count). The lowest BCUT2D eigenvalue weighted by molar-refractivity contribution is -0.0636. The van der Waals surface area contributed by atoms with Gasteiger partial charge in [0.1, 0.15) is 5.75 Å². The van der Waals surface area contributed by atoms with Crippen molar-refractivity contribution in [3.8, 4) is 5.75 Å². The Morgan fingerprint density at radius 2 is 1.90 bits per heavy atom. The van der Waals surface area contributed by atoms with Crippen LogP contribution in [0.5, 0.6) is 5.75 Å². The van der Waals surface area contributed by atoms with Crippen LogP contribution in [0.25, 0.3) is 0 Å². The molecule has 1 saturated carbocycles. The molecule has 0 amide bonds. The van der Waals surface area contributed by atoms with Gasteiger partial charge in [-0.15, -0.1) is 0 Å². The van der Waals surface area contributed by atoms with Gasteiger partial charge in [0.25, 0.3) is 0 Å². The summed E-state index contributed by atoms with van der Waals surface area (Å²) in [7, 11) is 3.89. The number of hydrogen-bond donors (Lipinski definition) is 1. The Morgan fingerprint density at radius 3 is 2.48 bits per heavy atom. The fourth-order valence-electron chi connectivity index (χ4n) is 2.79. The minimum Gasteiger partial charge on any atom is -0.473 e. The van der Waals surface area contributed by atoms with Crippen LogP contribution in [0.2, 0.25) is 10.0 Å². The summed E-state index contributed by atoms with van der Waals surface area (Å²) in [6.45, 7) is 0. The molecule has 0 bridgehead atoms. The van der Waals surface area contributed by atoms with Crippen molar-refractivity contribution in [1.82, 2.24) is 4.90 Å². The lowest BCUT2D eigenvalue weighted by Gasteiger charge is -2.37. The second-order valence-electron chi connectivity index (χ2n) is 6.10. The van der Waals surface area contributed by atoms with Crippen molar-refractivity contribution in [3.05, 3.63) is 28.2 Å². The number of halogens is 2. The first-order valence-corrected chi connectivity index (χ1v) is 8.16. The molecule has 0 aliphatic heterocycles. The summed E-state index contributed by atoms with van der Waals surface area (Å²) in [5, 5.41) is 11.8. The maximum Gasteiger partial charge on any atom is 0.155 e. The number of rotatable bonds is 5. The van der Waals surface area contributed by atoms with E-state index in [-0.39, 0.29) is 6.23 Å². The summed E-state index contributed by atoms with van der Waals surface area (Å²) < 4.78 is 6.00. The van der Waals surface area contributed by atoms with Crippen LogP contribution in [-0.4, -0.2) is 35.9 Å². The Labute approximate surface area is 136 Å². The molecular weight excluding hydrogens is 309 g/mol. The van der Waals surface area contributed by atoms with Crippen LogP contribution in [-0.2, 0) is 0 Å². The third-order valence-corrected chi connectivity index (χ3v) is 4.60. The molecule has 1 aliphatic rings. The van der Waals surface area contributed by atoms with Gasteiger partial charge in [0.15, 0.2) is 6.23 Å². The van der Waals surface area contributed by atoms with Crippen LogP contribution in [0.1, 0.15) is 38.5 Å². The van der Waals surface area contributed by atoms with E-state index in [9.17, 15) is 5.11 Å². The SMILES string of the molecule is CN(C)C(CC1(O)CCCCC1)Oc1ccc(Cl)cc1Cl. The van der Waals surface area contributed by atoms with Crippen LogP contribution in [0.3, 0.4) is 0 Å². The molecular formula is C16H23Cl2NO2. The largest absolute Gasteiger partial charge is 0.473 e. The molecule has 1 atom stereocenters. The Bertz CT molecular complexity index is 473. The predicted molar refractivity (Wildman–Crippen MR) is 87.2 cm³/mol. The van der Waals surface area contributed by atoms with Gasteiger partial charge < -0.3 is 9.84 Å². The molecule has 21 heavy (non-hydrogen) atoms. The van der Waals surface area contributed by atoms with Crippen molar-refractivity contribution in [1.29, 1.82) is 0 Å². The molecule has 3 nitrogen and oxygen atoms in total. The zero-order valence-corrected chi connectivity index (χ0v) is 14.1. The number of hydrogen-bond acceptors (Lipinski definition) is 3. The van der Waals surface area contributed by atoms with Gasteiger partial charge >= 0.3 is 0 Å². The second kappa shape index (κ2) is 7.19. The topological polar surface area (TPSA) is 32.7 Å². The molecule has 0 aromatic heterocycles. The highest BCUT2D eigenvalue weighted by Gasteiger charge is 2.34. The van der Waals surface area contributed by atoms with Crippen molar-refractivity contribution in [2.75, 3.05) is 14.1 Å². The van der Waals surface area contributed by atoms with E-state index >= 15 is 0 Å². The summed E-state index contributed by atoms with van der Waals surface area (Å²) >= 11 is 12.1. The zero-order chi connectivity index (χ0) is 15.5. The van der Waals surface area contributed by atoms with Crippen molar-refractivity contribution < 1.29 is 9.84 Å². The van der Waals surface area contributed by atoms with Crippen molar-refractivity contribution >= 4 is 23.2 Å². The maximum atomic E-state index is 10.7. The normalized spacial score (nSPS) is 19.5. The molecule has 0 heterocycles. The molecule has 1 fully saturated rings. The van der Waals surface area contributed by atoms with E-state index in [4.69, 9.17) is 27.9 Å². The molecule has 1 aliphatic carbocycles. The van der Waals surface area contributed by atoms with Crippen LogP contribution < -0.4 is 4.74 Å². The van der Waals surface area contributed by atoms with E-state index in [0.29, 0.717) is 22.2 Å². The van der Waals surface area contributed by atoms with E-state index in [2.05, 4.69) is 0 Å². The Hall–Kier alpha value is -0.480. The summed E-state index contributed by atoms with van der Waals surface area (Å²) in [5.74, 6) is 0.596. The molecule has 1 N–H and O–H groups in total. The van der Waals surface area contributed by atoms with Gasteiger partial charge in [-0.25, -0.2) is 0 Å². The molecule has 118 valence electrons. The molecule has 5 heteroatoms. The first kappa shape index (κ1) is 16.9. The average molecular weight is 332 g/mol. The Balaban J connectivity index is 2.08. The van der Waals surface area contributed by atoms with Gasteiger partial charge in [-0.05, 0) is 45.1 Å². The van der Waals surface area contributed by atoms with Crippen molar-refractivity contribution in [3.63, 3.8) is 0 Å². The van der Waals surface area contributed by atoms with E-state index in [1.54, 1.807) is 18.2 Å². The highest BCUT2D eigenvalue weighted by molar-refractivity contribution is 6.35. The van der Waals surface area contributed by atoms with Gasteiger partial charge in [0.2, 0.25) is 0 Å². The smallest absolute Gasteiger partial charge is 0.155 e. The summed E-state index contributed by atoms with van der Waals surface area (Å²) in [5.41, 5.74) is -0.633. The number of ether oxygens (including phenoxy) is 1. The van der Waals surface area contributed by atoms with E-state index in [0.717, 1.165) is 25.7 Å². The first-order chi connectivity index (χ1) is 9.89. The van der Waals surface area contributed by atoms with E-state index in [1.807, 2.05) is 19.0 Å². The van der Waals surface area contributed by atoms with Gasteiger partial charge in [-0.3, -0.25) is 4.90 Å². The quantitative estimate of drug-likeness (QED) is 0.814. The highest BCUT2D eigenvalue weighted by atomic mass is 35.5. The molecule has 1 unspecified atom stereocenters. The molecule has 0 saturated heterocycles.